The molecule has 2 aromatic carbocycles. The summed E-state index contributed by atoms with van der Waals surface area (Å²) in [6.07, 6.45) is 7.72. The molecule has 10 nitrogen and oxygen atoms in total. The van der Waals surface area contributed by atoms with Crippen LogP contribution in [0.25, 0.3) is 0 Å². The Hall–Kier alpha value is -3.89. The van der Waals surface area contributed by atoms with Crippen molar-refractivity contribution in [2.24, 2.45) is 0 Å². The van der Waals surface area contributed by atoms with Crippen LogP contribution in [0.1, 0.15) is 81.1 Å². The van der Waals surface area contributed by atoms with E-state index < -0.39 is 9.84 Å². The number of thiocarbonyl (C=S) groups is 2. The van der Waals surface area contributed by atoms with Crippen LogP contribution in [-0.4, -0.2) is 43.8 Å². The molecule has 0 saturated heterocycles. The average Bonchev–Trinajstić information content (AvgIpc) is 3.66. The molecule has 2 aliphatic rings. The summed E-state index contributed by atoms with van der Waals surface area (Å²) in [5.74, 6) is -0.720. The van der Waals surface area contributed by atoms with E-state index in [0.29, 0.717) is 32.5 Å². The zero-order chi connectivity index (χ0) is 36.1. The van der Waals surface area contributed by atoms with Crippen LogP contribution >= 0.6 is 47.1 Å². The number of rotatable bonds is 10. The van der Waals surface area contributed by atoms with Gasteiger partial charge in [-0.15, -0.1) is 22.7 Å². The number of ether oxygens (including phenoxy) is 2. The highest BCUT2D eigenvalue weighted by molar-refractivity contribution is 7.91. The van der Waals surface area contributed by atoms with Crippen molar-refractivity contribution < 1.29 is 27.5 Å². The molecule has 0 fully saturated rings. The van der Waals surface area contributed by atoms with E-state index in [1.807, 2.05) is 0 Å². The van der Waals surface area contributed by atoms with Gasteiger partial charge in [0.1, 0.15) is 10.0 Å². The third-order valence-corrected chi connectivity index (χ3v) is 13.2. The van der Waals surface area contributed by atoms with Crippen molar-refractivity contribution in [2.75, 3.05) is 34.5 Å². The fourth-order valence-electron chi connectivity index (χ4n) is 6.25. The van der Waals surface area contributed by atoms with E-state index in [1.165, 1.54) is 56.7 Å². The Bertz CT molecular complexity index is 1930. The molecular formula is C36H38N4O6S5. The van der Waals surface area contributed by atoms with Crippen molar-refractivity contribution in [3.8, 4) is 0 Å². The van der Waals surface area contributed by atoms with Crippen LogP contribution in [0.3, 0.4) is 0 Å². The van der Waals surface area contributed by atoms with Gasteiger partial charge in [0, 0.05) is 21.1 Å². The van der Waals surface area contributed by atoms with Crippen molar-refractivity contribution in [1.29, 1.82) is 0 Å². The summed E-state index contributed by atoms with van der Waals surface area (Å²) >= 11 is 14.1. The predicted molar refractivity (Wildman–Crippen MR) is 212 cm³/mol. The van der Waals surface area contributed by atoms with E-state index in [0.717, 1.165) is 62.5 Å². The summed E-state index contributed by atoms with van der Waals surface area (Å²) in [4.78, 5) is 28.2. The topological polar surface area (TPSA) is 135 Å². The van der Waals surface area contributed by atoms with Gasteiger partial charge in [0.05, 0.1) is 34.1 Å². The first-order valence-corrected chi connectivity index (χ1v) is 20.8. The molecule has 2 heterocycles. The third-order valence-electron chi connectivity index (χ3n) is 8.60. The number of carbonyl (C=O) groups excluding carboxylic acids is 2. The SMILES string of the molecule is CCOC(=O)c1c(NC(=S)Nc2ccc(S(=O)(=O)c3ccc(NC(=S)Nc4sc5c(c4C(=O)OCC)CCCC5)cc3)cc2)sc2c1CCCC2. The van der Waals surface area contributed by atoms with Gasteiger partial charge < -0.3 is 30.7 Å². The first kappa shape index (κ1) is 36.9. The minimum Gasteiger partial charge on any atom is -0.462 e. The highest BCUT2D eigenvalue weighted by Crippen LogP contribution is 2.40. The molecule has 0 bridgehead atoms. The van der Waals surface area contributed by atoms with Crippen LogP contribution in [0.5, 0.6) is 0 Å². The zero-order valence-electron chi connectivity index (χ0n) is 28.2. The monoisotopic (exact) mass is 782 g/mol. The van der Waals surface area contributed by atoms with E-state index in [1.54, 1.807) is 38.1 Å². The number of hydrogen-bond donors (Lipinski definition) is 4. The zero-order valence-corrected chi connectivity index (χ0v) is 32.3. The predicted octanol–water partition coefficient (Wildman–Crippen LogP) is 8.37. The molecule has 0 spiro atoms. The van der Waals surface area contributed by atoms with Gasteiger partial charge in [-0.3, -0.25) is 0 Å². The summed E-state index contributed by atoms with van der Waals surface area (Å²) in [6, 6.07) is 12.6. The van der Waals surface area contributed by atoms with Gasteiger partial charge in [0.2, 0.25) is 9.84 Å². The Balaban J connectivity index is 1.08. The number of aryl methyl sites for hydroxylation is 2. The lowest BCUT2D eigenvalue weighted by molar-refractivity contribution is 0.0517. The number of nitrogens with one attached hydrogen (secondary N) is 4. The molecule has 0 amide bonds. The van der Waals surface area contributed by atoms with Crippen molar-refractivity contribution >= 4 is 100 Å². The van der Waals surface area contributed by atoms with Crippen LogP contribution in [0, 0.1) is 0 Å². The van der Waals surface area contributed by atoms with E-state index in [-0.39, 0.29) is 45.2 Å². The number of anilines is 4. The second kappa shape index (κ2) is 16.2. The van der Waals surface area contributed by atoms with Crippen molar-refractivity contribution in [3.05, 3.63) is 80.5 Å². The average molecular weight is 783 g/mol. The maximum atomic E-state index is 13.5. The van der Waals surface area contributed by atoms with Gasteiger partial charge in [-0.2, -0.15) is 0 Å². The smallest absolute Gasteiger partial charge is 0.341 e. The molecule has 0 unspecified atom stereocenters. The molecule has 2 aromatic heterocycles. The van der Waals surface area contributed by atoms with Crippen LogP contribution in [0.4, 0.5) is 21.4 Å². The Kier molecular flexibility index (Phi) is 11.7. The number of thiophene rings is 2. The quantitative estimate of drug-likeness (QED) is 0.0910. The Labute approximate surface area is 316 Å². The standard InChI is InChI=1S/C36H38N4O6S5/c1-3-45-33(41)29-25-9-5-7-11-27(25)49-31(29)39-35(47)37-21-13-17-23(18-14-21)51(43,44)24-19-15-22(16-20-24)38-36(48)40-32-30(34(42)46-4-2)26-10-6-8-12-28(26)50-32/h13-20H,3-12H2,1-2H3,(H2,37,39,47)(H2,38,40,48). The lowest BCUT2D eigenvalue weighted by Gasteiger charge is -2.14. The number of hydrogen-bond acceptors (Lipinski definition) is 10. The van der Waals surface area contributed by atoms with E-state index in [9.17, 15) is 18.0 Å². The minimum absolute atomic E-state index is 0.119. The highest BCUT2D eigenvalue weighted by Gasteiger charge is 2.28. The largest absolute Gasteiger partial charge is 0.462 e. The molecule has 2 aliphatic carbocycles. The first-order valence-electron chi connectivity index (χ1n) is 16.8. The number of carbonyl (C=O) groups is 2. The van der Waals surface area contributed by atoms with Gasteiger partial charge in [-0.25, -0.2) is 18.0 Å². The van der Waals surface area contributed by atoms with Gasteiger partial charge in [0.25, 0.3) is 0 Å². The summed E-state index contributed by atoms with van der Waals surface area (Å²) in [7, 11) is -3.82. The number of sulfone groups is 1. The molecule has 51 heavy (non-hydrogen) atoms. The normalized spacial score (nSPS) is 13.7. The molecule has 268 valence electrons. The van der Waals surface area contributed by atoms with Crippen molar-refractivity contribution in [1.82, 2.24) is 0 Å². The Morgan fingerprint density at radius 1 is 0.627 bits per heavy atom. The van der Waals surface area contributed by atoms with Crippen LogP contribution in [-0.2, 0) is 45.0 Å². The van der Waals surface area contributed by atoms with E-state index in [2.05, 4.69) is 21.3 Å². The number of benzene rings is 2. The lowest BCUT2D eigenvalue weighted by Crippen LogP contribution is -2.20. The molecule has 4 N–H and O–H groups in total. The minimum atomic E-state index is -3.82. The molecule has 0 radical (unpaired) electrons. The van der Waals surface area contributed by atoms with Crippen molar-refractivity contribution in [2.45, 2.75) is 75.0 Å². The molecule has 0 atom stereocenters. The summed E-state index contributed by atoms with van der Waals surface area (Å²) in [6.45, 7) is 4.13. The maximum Gasteiger partial charge on any atom is 0.341 e. The second-order valence-corrected chi connectivity index (χ2v) is 17.0. The molecule has 0 aliphatic heterocycles. The Morgan fingerprint density at radius 3 is 1.37 bits per heavy atom. The maximum absolute atomic E-state index is 13.5. The van der Waals surface area contributed by atoms with Crippen molar-refractivity contribution in [3.63, 3.8) is 0 Å². The fourth-order valence-corrected chi connectivity index (χ4v) is 10.6. The Morgan fingerprint density at radius 2 is 1.00 bits per heavy atom. The number of fused-ring (bicyclic) bond motifs is 2. The van der Waals surface area contributed by atoms with Gasteiger partial charge in [-0.05, 0) is 149 Å². The molecular weight excluding hydrogens is 745 g/mol. The lowest BCUT2D eigenvalue weighted by atomic mass is 9.95. The molecule has 4 aromatic rings. The van der Waals surface area contributed by atoms with Crippen LogP contribution in [0.2, 0.25) is 0 Å². The first-order chi connectivity index (χ1) is 24.6. The highest BCUT2D eigenvalue weighted by atomic mass is 32.2. The molecule has 0 saturated carbocycles. The van der Waals surface area contributed by atoms with Crippen LogP contribution < -0.4 is 21.3 Å². The number of esters is 2. The van der Waals surface area contributed by atoms with Gasteiger partial charge >= 0.3 is 11.9 Å². The summed E-state index contributed by atoms with van der Waals surface area (Å²) < 4.78 is 37.6. The van der Waals surface area contributed by atoms with Gasteiger partial charge in [-0.1, -0.05) is 0 Å². The van der Waals surface area contributed by atoms with E-state index in [4.69, 9.17) is 33.9 Å². The summed E-state index contributed by atoms with van der Waals surface area (Å²) in [5, 5.41) is 14.4. The fraction of sp³-hybridized carbons (Fsp3) is 0.333. The molecule has 6 rings (SSSR count). The second-order valence-electron chi connectivity index (χ2n) is 12.0. The molecule has 15 heteroatoms. The van der Waals surface area contributed by atoms with E-state index >= 15 is 0 Å². The van der Waals surface area contributed by atoms with Crippen LogP contribution in [0.15, 0.2) is 58.3 Å². The van der Waals surface area contributed by atoms with Gasteiger partial charge in [0.15, 0.2) is 10.2 Å². The summed E-state index contributed by atoms with van der Waals surface area (Å²) in [5.41, 5.74) is 4.34. The third kappa shape index (κ3) is 8.28.